The normalized spacial score (nSPS) is 18.4. The molecule has 6 heteroatoms. The van der Waals surface area contributed by atoms with Crippen LogP contribution in [-0.4, -0.2) is 58.1 Å². The van der Waals surface area contributed by atoms with Crippen LogP contribution in [0, 0.1) is 0 Å². The molecule has 1 amide bonds. The Kier molecular flexibility index (Phi) is 4.94. The fraction of sp³-hybridized carbons (Fsp3) is 0.400. The van der Waals surface area contributed by atoms with Crippen molar-refractivity contribution in [2.75, 3.05) is 26.2 Å². The van der Waals surface area contributed by atoms with E-state index in [2.05, 4.69) is 34.1 Å². The van der Waals surface area contributed by atoms with Gasteiger partial charge in [-0.3, -0.25) is 9.69 Å². The Morgan fingerprint density at radius 1 is 1.08 bits per heavy atom. The van der Waals surface area contributed by atoms with E-state index < -0.39 is 6.10 Å². The number of benzene rings is 1. The van der Waals surface area contributed by atoms with Crippen LogP contribution < -0.4 is 0 Å². The van der Waals surface area contributed by atoms with Crippen molar-refractivity contribution in [1.29, 1.82) is 0 Å². The van der Waals surface area contributed by atoms with Crippen molar-refractivity contribution in [1.82, 2.24) is 14.8 Å². The maximum atomic E-state index is 12.6. The molecule has 2 aromatic rings. The quantitative estimate of drug-likeness (QED) is 0.837. The molecule has 0 saturated heterocycles. The van der Waals surface area contributed by atoms with E-state index in [4.69, 9.17) is 11.6 Å². The van der Waals surface area contributed by atoms with Crippen molar-refractivity contribution in [2.24, 2.45) is 0 Å². The van der Waals surface area contributed by atoms with Gasteiger partial charge >= 0.3 is 0 Å². The number of fused-ring (bicyclic) bond motifs is 2. The van der Waals surface area contributed by atoms with Crippen molar-refractivity contribution >= 4 is 17.5 Å². The molecule has 0 radical (unpaired) electrons. The van der Waals surface area contributed by atoms with E-state index in [0.717, 1.165) is 25.2 Å². The Hall–Kier alpha value is -1.95. The van der Waals surface area contributed by atoms with Crippen LogP contribution in [0.15, 0.2) is 36.4 Å². The van der Waals surface area contributed by atoms with Crippen molar-refractivity contribution < 1.29 is 9.90 Å². The van der Waals surface area contributed by atoms with Gasteiger partial charge in [0.1, 0.15) is 5.15 Å². The first-order valence-corrected chi connectivity index (χ1v) is 9.40. The van der Waals surface area contributed by atoms with Crippen molar-refractivity contribution in [3.63, 3.8) is 0 Å². The van der Waals surface area contributed by atoms with Crippen LogP contribution in [0.2, 0.25) is 5.15 Å². The number of carbonyl (C=O) groups excluding carboxylic acids is 1. The number of aliphatic hydroxyl groups excluding tert-OH is 1. The monoisotopic (exact) mass is 371 g/mol. The lowest BCUT2D eigenvalue weighted by molar-refractivity contribution is 0.0491. The number of hydrogen-bond acceptors (Lipinski definition) is 4. The number of nitrogens with zero attached hydrogens (tertiary/aromatic N) is 3. The topological polar surface area (TPSA) is 56.7 Å². The largest absolute Gasteiger partial charge is 0.390 e. The zero-order chi connectivity index (χ0) is 18.1. The van der Waals surface area contributed by atoms with E-state index in [1.807, 2.05) is 0 Å². The van der Waals surface area contributed by atoms with E-state index in [0.29, 0.717) is 36.8 Å². The number of pyridine rings is 1. The predicted molar refractivity (Wildman–Crippen MR) is 100 cm³/mol. The summed E-state index contributed by atoms with van der Waals surface area (Å²) in [6.07, 6.45) is 1.11. The van der Waals surface area contributed by atoms with Gasteiger partial charge in [-0.05, 0) is 29.7 Å². The minimum absolute atomic E-state index is 0.0709. The van der Waals surface area contributed by atoms with E-state index in [1.54, 1.807) is 17.0 Å². The van der Waals surface area contributed by atoms with Gasteiger partial charge in [-0.25, -0.2) is 4.98 Å². The first kappa shape index (κ1) is 17.5. The molecule has 2 aliphatic rings. The third kappa shape index (κ3) is 3.61. The minimum Gasteiger partial charge on any atom is -0.390 e. The second kappa shape index (κ2) is 7.35. The highest BCUT2D eigenvalue weighted by atomic mass is 35.5. The molecule has 0 aliphatic carbocycles. The van der Waals surface area contributed by atoms with Crippen LogP contribution in [0.5, 0.6) is 0 Å². The zero-order valence-corrected chi connectivity index (χ0v) is 15.3. The van der Waals surface area contributed by atoms with Crippen molar-refractivity contribution in [2.45, 2.75) is 25.5 Å². The third-order valence-corrected chi connectivity index (χ3v) is 5.40. The first-order valence-electron chi connectivity index (χ1n) is 9.02. The third-order valence-electron chi connectivity index (χ3n) is 5.19. The maximum Gasteiger partial charge on any atom is 0.255 e. The molecule has 5 nitrogen and oxygen atoms in total. The predicted octanol–water partition coefficient (Wildman–Crippen LogP) is 2.15. The number of β-amino-alcohol motifs (C(OH)–C–C–N with tert-alkyl or cyclic N) is 1. The second-order valence-electron chi connectivity index (χ2n) is 7.04. The average Bonchev–Trinajstić information content (AvgIpc) is 2.64. The fourth-order valence-electron chi connectivity index (χ4n) is 3.87. The van der Waals surface area contributed by atoms with E-state index in [9.17, 15) is 9.90 Å². The van der Waals surface area contributed by atoms with Gasteiger partial charge in [0.25, 0.3) is 5.91 Å². The minimum atomic E-state index is -0.564. The van der Waals surface area contributed by atoms with Gasteiger partial charge in [0.05, 0.1) is 17.4 Å². The lowest BCUT2D eigenvalue weighted by Gasteiger charge is -2.33. The molecular weight excluding hydrogens is 350 g/mol. The fourth-order valence-corrected chi connectivity index (χ4v) is 4.03. The molecule has 1 aromatic heterocycles. The highest BCUT2D eigenvalue weighted by Crippen LogP contribution is 2.21. The molecule has 136 valence electrons. The molecule has 0 saturated carbocycles. The summed E-state index contributed by atoms with van der Waals surface area (Å²) in [5.41, 5.74) is 4.07. The summed E-state index contributed by atoms with van der Waals surface area (Å²) in [5, 5.41) is 11.0. The van der Waals surface area contributed by atoms with Crippen molar-refractivity contribution in [3.8, 4) is 0 Å². The molecule has 2 aliphatic heterocycles. The van der Waals surface area contributed by atoms with Crippen LogP contribution >= 0.6 is 11.6 Å². The molecule has 1 aromatic carbocycles. The average molecular weight is 372 g/mol. The van der Waals surface area contributed by atoms with Gasteiger partial charge in [0.15, 0.2) is 0 Å². The number of aromatic nitrogens is 1. The number of aliphatic hydroxyl groups is 1. The van der Waals surface area contributed by atoms with Gasteiger partial charge < -0.3 is 10.0 Å². The van der Waals surface area contributed by atoms with Gasteiger partial charge in [0.2, 0.25) is 0 Å². The molecule has 4 rings (SSSR count). The van der Waals surface area contributed by atoms with Crippen LogP contribution in [-0.2, 0) is 19.4 Å². The van der Waals surface area contributed by atoms with Gasteiger partial charge in [0, 0.05) is 39.1 Å². The summed E-state index contributed by atoms with van der Waals surface area (Å²) in [7, 11) is 0. The van der Waals surface area contributed by atoms with Crippen LogP contribution in [0.3, 0.4) is 0 Å². The summed E-state index contributed by atoms with van der Waals surface area (Å²) in [6, 6.07) is 11.8. The number of amides is 1. The van der Waals surface area contributed by atoms with Crippen LogP contribution in [0.4, 0.5) is 0 Å². The Labute approximate surface area is 158 Å². The molecule has 0 unspecified atom stereocenters. The number of hydrogen-bond donors (Lipinski definition) is 1. The van der Waals surface area contributed by atoms with Crippen LogP contribution in [0.25, 0.3) is 0 Å². The number of rotatable bonds is 4. The van der Waals surface area contributed by atoms with E-state index >= 15 is 0 Å². The molecular formula is C20H22ClN3O2. The lowest BCUT2D eigenvalue weighted by Crippen LogP contribution is -2.46. The van der Waals surface area contributed by atoms with Crippen molar-refractivity contribution in [3.05, 3.63) is 63.9 Å². The lowest BCUT2D eigenvalue weighted by atomic mass is 9.99. The summed E-state index contributed by atoms with van der Waals surface area (Å²) < 4.78 is 0. The highest BCUT2D eigenvalue weighted by Gasteiger charge is 2.28. The Balaban J connectivity index is 1.36. The maximum absolute atomic E-state index is 12.6. The van der Waals surface area contributed by atoms with E-state index in [-0.39, 0.29) is 5.91 Å². The first-order chi connectivity index (χ1) is 12.6. The van der Waals surface area contributed by atoms with E-state index in [1.165, 1.54) is 11.1 Å². The molecule has 3 heterocycles. The highest BCUT2D eigenvalue weighted by molar-refractivity contribution is 6.29. The number of carbonyl (C=O) groups is 1. The second-order valence-corrected chi connectivity index (χ2v) is 7.42. The summed E-state index contributed by atoms with van der Waals surface area (Å²) in [5.74, 6) is -0.0709. The standard InChI is InChI=1S/C20H22ClN3O2/c21-19-6-5-17-18(22-19)8-10-24(20(17)26)13-16(25)12-23-9-7-14-3-1-2-4-15(14)11-23/h1-6,16,25H,7-13H2/t16-/m1/s1. The van der Waals surface area contributed by atoms with Gasteiger partial charge in [-0.15, -0.1) is 0 Å². The molecule has 0 fully saturated rings. The Morgan fingerprint density at radius 2 is 1.88 bits per heavy atom. The Bertz CT molecular complexity index is 826. The molecule has 1 N–H and O–H groups in total. The SMILES string of the molecule is O=C1c2ccc(Cl)nc2CCN1C[C@H](O)CN1CCc2ccccc2C1. The van der Waals surface area contributed by atoms with Crippen LogP contribution in [0.1, 0.15) is 27.2 Å². The van der Waals surface area contributed by atoms with Gasteiger partial charge in [-0.1, -0.05) is 35.9 Å². The molecule has 0 spiro atoms. The zero-order valence-electron chi connectivity index (χ0n) is 14.6. The van der Waals surface area contributed by atoms with Gasteiger partial charge in [-0.2, -0.15) is 0 Å². The summed E-state index contributed by atoms with van der Waals surface area (Å²) in [6.45, 7) is 3.28. The molecule has 1 atom stereocenters. The smallest absolute Gasteiger partial charge is 0.255 e. The molecule has 0 bridgehead atoms. The Morgan fingerprint density at radius 3 is 2.73 bits per heavy atom. The molecule has 26 heavy (non-hydrogen) atoms. The summed E-state index contributed by atoms with van der Waals surface area (Å²) >= 11 is 5.91. The number of halogens is 1. The summed E-state index contributed by atoms with van der Waals surface area (Å²) in [4.78, 5) is 20.9.